The van der Waals surface area contributed by atoms with Gasteiger partial charge in [0, 0.05) is 33.5 Å². The van der Waals surface area contributed by atoms with Gasteiger partial charge in [0.1, 0.15) is 11.9 Å². The van der Waals surface area contributed by atoms with Gasteiger partial charge in [-0.1, -0.05) is 19.4 Å². The summed E-state index contributed by atoms with van der Waals surface area (Å²) in [5.41, 5.74) is 4.24. The van der Waals surface area contributed by atoms with Crippen LogP contribution in [0.25, 0.3) is 5.57 Å². The number of halogens is 1. The van der Waals surface area contributed by atoms with Crippen LogP contribution in [0.3, 0.4) is 0 Å². The van der Waals surface area contributed by atoms with Crippen molar-refractivity contribution in [3.63, 3.8) is 0 Å². The number of nitrogens with zero attached hydrogens (tertiary/aromatic N) is 1. The van der Waals surface area contributed by atoms with Crippen LogP contribution < -0.4 is 4.90 Å². The van der Waals surface area contributed by atoms with Crippen molar-refractivity contribution in [3.05, 3.63) is 34.6 Å². The first-order valence-corrected chi connectivity index (χ1v) is 12.1. The van der Waals surface area contributed by atoms with Crippen LogP contribution >= 0.6 is 0 Å². The van der Waals surface area contributed by atoms with E-state index in [1.165, 1.54) is 11.1 Å². The van der Waals surface area contributed by atoms with Crippen LogP contribution in [0.5, 0.6) is 0 Å². The molecule has 0 amide bonds. The fourth-order valence-corrected chi connectivity index (χ4v) is 5.80. The Morgan fingerprint density at radius 3 is 2.58 bits per heavy atom. The minimum absolute atomic E-state index is 0.0742. The van der Waals surface area contributed by atoms with Crippen molar-refractivity contribution in [2.24, 2.45) is 5.41 Å². The Balaban J connectivity index is 2.06. The zero-order valence-electron chi connectivity index (χ0n) is 21.3. The molecule has 1 aromatic carbocycles. The molecule has 0 bridgehead atoms. The molecular formula is C27H40FNO4. The van der Waals surface area contributed by atoms with Crippen LogP contribution in [-0.2, 0) is 14.3 Å². The Bertz CT molecular complexity index is 923. The highest BCUT2D eigenvalue weighted by molar-refractivity contribution is 5.75. The zero-order chi connectivity index (χ0) is 24.6. The quantitative estimate of drug-likeness (QED) is 0.550. The van der Waals surface area contributed by atoms with E-state index in [-0.39, 0.29) is 35.3 Å². The van der Waals surface area contributed by atoms with Crippen LogP contribution in [0.4, 0.5) is 10.1 Å². The Hall–Kier alpha value is -1.92. The molecule has 6 heteroatoms. The number of allylic oxidation sites excluding steroid dienone is 1. The molecule has 0 aromatic heterocycles. The van der Waals surface area contributed by atoms with Crippen molar-refractivity contribution >= 4 is 17.2 Å². The second kappa shape index (κ2) is 9.75. The lowest BCUT2D eigenvalue weighted by atomic mass is 9.64. The number of hydrogen-bond donors (Lipinski definition) is 1. The lowest BCUT2D eigenvalue weighted by molar-refractivity contribution is -0.160. The van der Waals surface area contributed by atoms with Crippen molar-refractivity contribution in [3.8, 4) is 0 Å². The molecule has 5 nitrogen and oxygen atoms in total. The smallest absolute Gasteiger partial charge is 0.308 e. The first-order valence-electron chi connectivity index (χ1n) is 12.1. The number of rotatable bonds is 7. The largest absolute Gasteiger partial charge is 0.462 e. The zero-order valence-corrected chi connectivity index (χ0v) is 21.3. The molecule has 1 N–H and O–H groups in total. The number of carbonyl (C=O) groups excluding carboxylic acids is 1. The number of aryl methyl sites for hydroxylation is 1. The van der Waals surface area contributed by atoms with Crippen LogP contribution in [0.1, 0.15) is 77.3 Å². The molecular weight excluding hydrogens is 421 g/mol. The molecule has 1 heterocycles. The van der Waals surface area contributed by atoms with Gasteiger partial charge >= 0.3 is 5.97 Å². The third-order valence-corrected chi connectivity index (χ3v) is 7.06. The second-order valence-electron chi connectivity index (χ2n) is 10.8. The number of aliphatic hydroxyl groups excluding tert-OH is 1. The van der Waals surface area contributed by atoms with E-state index in [9.17, 15) is 14.3 Å². The van der Waals surface area contributed by atoms with Crippen LogP contribution in [0.2, 0.25) is 0 Å². The second-order valence-corrected chi connectivity index (χ2v) is 10.8. The van der Waals surface area contributed by atoms with Gasteiger partial charge < -0.3 is 19.5 Å². The van der Waals surface area contributed by atoms with Gasteiger partial charge in [0.25, 0.3) is 0 Å². The molecule has 0 saturated carbocycles. The number of carbonyl (C=O) groups is 1. The summed E-state index contributed by atoms with van der Waals surface area (Å²) in [6, 6.07) is 3.88. The number of esters is 1. The lowest BCUT2D eigenvalue weighted by Gasteiger charge is -2.46. The number of ether oxygens (including phenoxy) is 2. The van der Waals surface area contributed by atoms with Gasteiger partial charge in [-0.15, -0.1) is 0 Å². The van der Waals surface area contributed by atoms with Crippen molar-refractivity contribution < 1.29 is 23.8 Å². The number of hydrogen-bond acceptors (Lipinski definition) is 5. The van der Waals surface area contributed by atoms with E-state index in [1.54, 1.807) is 0 Å². The molecule has 0 spiro atoms. The summed E-state index contributed by atoms with van der Waals surface area (Å²) >= 11 is 0. The fourth-order valence-electron chi connectivity index (χ4n) is 5.80. The Morgan fingerprint density at radius 1 is 1.27 bits per heavy atom. The summed E-state index contributed by atoms with van der Waals surface area (Å²) in [5, 5.41) is 10.0. The molecule has 1 fully saturated rings. The lowest BCUT2D eigenvalue weighted by Crippen LogP contribution is -2.40. The summed E-state index contributed by atoms with van der Waals surface area (Å²) in [7, 11) is 3.71. The van der Waals surface area contributed by atoms with Crippen LogP contribution in [0.15, 0.2) is 17.7 Å². The standard InChI is InChI=1S/C27H40FNO4/c1-8-32-27(5)15-21(18-11-17(2)25(28)23(12-18)29(6)7)22(26(3,4)16-27)10-9-20-13-19(30)14-24(31)33-20/h11-12,19-20,30H,8-10,13-16H2,1-7H3/t19-,20-,27?/m1/s1. The third-order valence-electron chi connectivity index (χ3n) is 7.06. The summed E-state index contributed by atoms with van der Waals surface area (Å²) < 4.78 is 26.6. The molecule has 33 heavy (non-hydrogen) atoms. The average molecular weight is 462 g/mol. The normalized spacial score (nSPS) is 27.5. The molecule has 2 aliphatic rings. The third kappa shape index (κ3) is 5.78. The van der Waals surface area contributed by atoms with E-state index < -0.39 is 6.10 Å². The highest BCUT2D eigenvalue weighted by Gasteiger charge is 2.43. The average Bonchev–Trinajstić information content (AvgIpc) is 2.67. The number of benzene rings is 1. The maximum absolute atomic E-state index is 14.8. The van der Waals surface area contributed by atoms with Gasteiger partial charge in [-0.3, -0.25) is 4.79 Å². The van der Waals surface area contributed by atoms with Gasteiger partial charge in [0.15, 0.2) is 0 Å². The molecule has 1 unspecified atom stereocenters. The summed E-state index contributed by atoms with van der Waals surface area (Å²) in [6.07, 6.45) is 2.67. The molecule has 3 rings (SSSR count). The minimum Gasteiger partial charge on any atom is -0.462 e. The van der Waals surface area contributed by atoms with Gasteiger partial charge in [-0.2, -0.15) is 0 Å². The first-order chi connectivity index (χ1) is 15.3. The highest BCUT2D eigenvalue weighted by Crippen LogP contribution is 2.51. The van der Waals surface area contributed by atoms with Gasteiger partial charge in [-0.05, 0) is 74.3 Å². The van der Waals surface area contributed by atoms with Gasteiger partial charge in [-0.25, -0.2) is 4.39 Å². The van der Waals surface area contributed by atoms with E-state index in [1.807, 2.05) is 45.0 Å². The number of anilines is 1. The number of cyclic esters (lactones) is 1. The van der Waals surface area contributed by atoms with Crippen LogP contribution in [0, 0.1) is 18.2 Å². The summed E-state index contributed by atoms with van der Waals surface area (Å²) in [6.45, 7) is 11.1. The monoisotopic (exact) mass is 461 g/mol. The van der Waals surface area contributed by atoms with E-state index >= 15 is 0 Å². The molecule has 1 aliphatic carbocycles. The molecule has 184 valence electrons. The van der Waals surface area contributed by atoms with E-state index in [2.05, 4.69) is 20.8 Å². The molecule has 3 atom stereocenters. The van der Waals surface area contributed by atoms with Crippen molar-refractivity contribution in [2.75, 3.05) is 25.6 Å². The predicted molar refractivity (Wildman–Crippen MR) is 130 cm³/mol. The van der Waals surface area contributed by atoms with Crippen LogP contribution in [-0.4, -0.2) is 49.6 Å². The SMILES string of the molecule is CCOC1(C)CC(c2cc(C)c(F)c(N(C)C)c2)=C(CC[C@@H]2C[C@@H](O)CC(=O)O2)C(C)(C)C1. The Labute approximate surface area is 198 Å². The van der Waals surface area contributed by atoms with E-state index in [0.717, 1.165) is 24.8 Å². The minimum atomic E-state index is -0.632. The first kappa shape index (κ1) is 25.7. The maximum atomic E-state index is 14.8. The molecule has 1 aromatic rings. The summed E-state index contributed by atoms with van der Waals surface area (Å²) in [4.78, 5) is 13.6. The van der Waals surface area contributed by atoms with Crippen molar-refractivity contribution in [1.82, 2.24) is 0 Å². The van der Waals surface area contributed by atoms with Gasteiger partial charge in [0.05, 0.1) is 23.8 Å². The topological polar surface area (TPSA) is 59.0 Å². The maximum Gasteiger partial charge on any atom is 0.308 e. The van der Waals surface area contributed by atoms with Crippen molar-refractivity contribution in [1.29, 1.82) is 0 Å². The molecule has 1 aliphatic heterocycles. The fraction of sp³-hybridized carbons (Fsp3) is 0.667. The Morgan fingerprint density at radius 2 is 1.97 bits per heavy atom. The Kier molecular flexibility index (Phi) is 7.59. The number of aliphatic hydroxyl groups is 1. The molecule has 0 radical (unpaired) electrons. The highest BCUT2D eigenvalue weighted by atomic mass is 19.1. The van der Waals surface area contributed by atoms with E-state index in [0.29, 0.717) is 30.7 Å². The molecule has 1 saturated heterocycles. The summed E-state index contributed by atoms with van der Waals surface area (Å²) in [5.74, 6) is -0.527. The van der Waals surface area contributed by atoms with Crippen molar-refractivity contribution in [2.45, 2.75) is 91.0 Å². The van der Waals surface area contributed by atoms with Gasteiger partial charge in [0.2, 0.25) is 0 Å². The van der Waals surface area contributed by atoms with E-state index in [4.69, 9.17) is 9.47 Å². The predicted octanol–water partition coefficient (Wildman–Crippen LogP) is 5.42.